The highest BCUT2D eigenvalue weighted by atomic mass is 35.5. The lowest BCUT2D eigenvalue weighted by atomic mass is 10.2. The summed E-state index contributed by atoms with van der Waals surface area (Å²) in [6.45, 7) is 5.68. The normalized spacial score (nSPS) is 18.7. The number of alkyl halides is 3. The van der Waals surface area contributed by atoms with E-state index < -0.39 is 5.51 Å². The van der Waals surface area contributed by atoms with Crippen molar-refractivity contribution in [2.75, 3.05) is 57.3 Å². The Bertz CT molecular complexity index is 613. The van der Waals surface area contributed by atoms with E-state index in [-0.39, 0.29) is 35.2 Å². The molecule has 0 radical (unpaired) electrons. The van der Waals surface area contributed by atoms with E-state index in [1.807, 2.05) is 6.07 Å². The lowest BCUT2D eigenvalue weighted by Crippen LogP contribution is -2.48. The number of amides is 1. The zero-order valence-electron chi connectivity index (χ0n) is 14.1. The second-order valence-electron chi connectivity index (χ2n) is 5.98. The maximum absolute atomic E-state index is 12.5. The van der Waals surface area contributed by atoms with Crippen molar-refractivity contribution in [3.05, 3.63) is 24.3 Å². The number of carbonyl (C=O) groups excluding carboxylic acids is 1. The summed E-state index contributed by atoms with van der Waals surface area (Å²) >= 11 is -0.0845. The highest BCUT2D eigenvalue weighted by Gasteiger charge is 2.29. The Kier molecular flexibility index (Phi) is 7.31. The quantitative estimate of drug-likeness (QED) is 0.695. The summed E-state index contributed by atoms with van der Waals surface area (Å²) < 4.78 is 42.4. The Labute approximate surface area is 160 Å². The van der Waals surface area contributed by atoms with Gasteiger partial charge in [0.25, 0.3) is 0 Å². The third kappa shape index (κ3) is 5.85. The van der Waals surface area contributed by atoms with Gasteiger partial charge in [-0.3, -0.25) is 4.90 Å². The van der Waals surface area contributed by atoms with Crippen LogP contribution in [-0.4, -0.2) is 73.8 Å². The number of benzene rings is 1. The maximum Gasteiger partial charge on any atom is 0.446 e. The van der Waals surface area contributed by atoms with Crippen molar-refractivity contribution in [2.24, 2.45) is 0 Å². The number of nitrogens with zero attached hydrogens (tertiary/aromatic N) is 3. The summed E-state index contributed by atoms with van der Waals surface area (Å²) in [6, 6.07) is 6.58. The Balaban J connectivity index is 0.00000243. The minimum atomic E-state index is -4.27. The average Bonchev–Trinajstić information content (AvgIpc) is 2.97. The molecule has 1 amide bonds. The molecule has 146 valence electrons. The van der Waals surface area contributed by atoms with E-state index in [0.717, 1.165) is 38.4 Å². The molecule has 2 aliphatic rings. The summed E-state index contributed by atoms with van der Waals surface area (Å²) in [6.07, 6.45) is -0.252. The largest absolute Gasteiger partial charge is 0.448 e. The van der Waals surface area contributed by atoms with Crippen molar-refractivity contribution in [2.45, 2.75) is 10.4 Å². The predicted molar refractivity (Wildman–Crippen MR) is 97.2 cm³/mol. The highest BCUT2D eigenvalue weighted by molar-refractivity contribution is 8.00. The molecular weight excluding hydrogens is 391 g/mol. The fraction of sp³-hybridized carbons (Fsp3) is 0.562. The SMILES string of the molecule is Cl.O=C1OCCN1CCN1CCN(c2cccc(SC(F)(F)F)c2)CC1. The topological polar surface area (TPSA) is 36.0 Å². The fourth-order valence-electron chi connectivity index (χ4n) is 3.00. The van der Waals surface area contributed by atoms with Crippen LogP contribution in [0.2, 0.25) is 0 Å². The van der Waals surface area contributed by atoms with Gasteiger partial charge in [-0.05, 0) is 30.0 Å². The van der Waals surface area contributed by atoms with Crippen molar-refractivity contribution in [1.82, 2.24) is 9.80 Å². The van der Waals surface area contributed by atoms with Crippen LogP contribution >= 0.6 is 24.2 Å². The van der Waals surface area contributed by atoms with Crippen LogP contribution in [0.1, 0.15) is 0 Å². The van der Waals surface area contributed by atoms with Gasteiger partial charge in [0.15, 0.2) is 0 Å². The van der Waals surface area contributed by atoms with E-state index >= 15 is 0 Å². The molecule has 2 aliphatic heterocycles. The van der Waals surface area contributed by atoms with Gasteiger partial charge in [0.05, 0.1) is 6.54 Å². The maximum atomic E-state index is 12.5. The predicted octanol–water partition coefficient (Wildman–Crippen LogP) is 3.29. The first-order valence-electron chi connectivity index (χ1n) is 8.15. The number of anilines is 1. The summed E-state index contributed by atoms with van der Waals surface area (Å²) in [7, 11) is 0. The molecule has 1 aromatic carbocycles. The molecule has 1 aromatic rings. The molecule has 0 saturated carbocycles. The number of hydrogen-bond donors (Lipinski definition) is 0. The first kappa shape index (κ1) is 21.0. The van der Waals surface area contributed by atoms with Gasteiger partial charge in [-0.15, -0.1) is 12.4 Å². The van der Waals surface area contributed by atoms with Gasteiger partial charge in [-0.2, -0.15) is 13.2 Å². The van der Waals surface area contributed by atoms with E-state index in [0.29, 0.717) is 19.7 Å². The molecule has 2 fully saturated rings. The number of carbonyl (C=O) groups is 1. The van der Waals surface area contributed by atoms with Crippen LogP contribution in [-0.2, 0) is 4.74 Å². The zero-order valence-corrected chi connectivity index (χ0v) is 15.7. The number of ether oxygens (including phenoxy) is 1. The van der Waals surface area contributed by atoms with Gasteiger partial charge in [0.2, 0.25) is 0 Å². The monoisotopic (exact) mass is 411 g/mol. The number of piperazine rings is 1. The molecule has 0 N–H and O–H groups in total. The van der Waals surface area contributed by atoms with Crippen molar-refractivity contribution in [3.8, 4) is 0 Å². The van der Waals surface area contributed by atoms with Crippen molar-refractivity contribution >= 4 is 35.9 Å². The van der Waals surface area contributed by atoms with Crippen LogP contribution in [0.5, 0.6) is 0 Å². The third-order valence-corrected chi connectivity index (χ3v) is 5.04. The van der Waals surface area contributed by atoms with E-state index in [4.69, 9.17) is 4.74 Å². The zero-order chi connectivity index (χ0) is 17.9. The van der Waals surface area contributed by atoms with Crippen LogP contribution < -0.4 is 4.90 Å². The number of rotatable bonds is 5. The van der Waals surface area contributed by atoms with Gasteiger partial charge in [-0.1, -0.05) is 6.07 Å². The van der Waals surface area contributed by atoms with E-state index in [2.05, 4.69) is 9.80 Å². The average molecular weight is 412 g/mol. The molecule has 5 nitrogen and oxygen atoms in total. The molecule has 0 aromatic heterocycles. The molecule has 2 heterocycles. The summed E-state index contributed by atoms with van der Waals surface area (Å²) in [4.78, 5) is 17.7. The molecule has 3 rings (SSSR count). The molecule has 0 atom stereocenters. The van der Waals surface area contributed by atoms with E-state index in [1.54, 1.807) is 17.0 Å². The first-order chi connectivity index (χ1) is 11.9. The van der Waals surface area contributed by atoms with Crippen molar-refractivity contribution in [1.29, 1.82) is 0 Å². The van der Waals surface area contributed by atoms with Crippen LogP contribution in [0, 0.1) is 0 Å². The van der Waals surface area contributed by atoms with E-state index in [1.165, 1.54) is 6.07 Å². The molecule has 26 heavy (non-hydrogen) atoms. The van der Waals surface area contributed by atoms with Crippen molar-refractivity contribution < 1.29 is 22.7 Å². The summed E-state index contributed by atoms with van der Waals surface area (Å²) in [5.41, 5.74) is -3.45. The van der Waals surface area contributed by atoms with Gasteiger partial charge in [0.1, 0.15) is 6.61 Å². The van der Waals surface area contributed by atoms with Crippen LogP contribution in [0.4, 0.5) is 23.7 Å². The minimum Gasteiger partial charge on any atom is -0.448 e. The second kappa shape index (κ2) is 9.05. The Hall–Kier alpha value is -1.32. The molecule has 0 spiro atoms. The Morgan fingerprint density at radius 3 is 2.42 bits per heavy atom. The van der Waals surface area contributed by atoms with Crippen LogP contribution in [0.15, 0.2) is 29.2 Å². The molecule has 0 bridgehead atoms. The van der Waals surface area contributed by atoms with Gasteiger partial charge in [-0.25, -0.2) is 4.79 Å². The standard InChI is InChI=1S/C16H20F3N3O2S.ClH/c17-16(18,19)25-14-3-1-2-13(12-14)21-7-4-20(5-8-21)6-9-22-10-11-24-15(22)23;/h1-3,12H,4-11H2;1H. The van der Waals surface area contributed by atoms with Gasteiger partial charge >= 0.3 is 11.6 Å². The van der Waals surface area contributed by atoms with Gasteiger partial charge in [0, 0.05) is 49.9 Å². The number of hydrogen-bond acceptors (Lipinski definition) is 5. The summed E-state index contributed by atoms with van der Waals surface area (Å²) in [5.74, 6) is 0. The van der Waals surface area contributed by atoms with E-state index in [9.17, 15) is 18.0 Å². The third-order valence-electron chi connectivity index (χ3n) is 4.32. The molecule has 0 aliphatic carbocycles. The Morgan fingerprint density at radius 1 is 1.08 bits per heavy atom. The number of cyclic esters (lactones) is 1. The van der Waals surface area contributed by atoms with Crippen molar-refractivity contribution in [3.63, 3.8) is 0 Å². The molecule has 2 saturated heterocycles. The molecular formula is C16H21ClF3N3O2S. The minimum absolute atomic E-state index is 0. The molecule has 10 heteroatoms. The Morgan fingerprint density at radius 2 is 1.81 bits per heavy atom. The summed E-state index contributed by atoms with van der Waals surface area (Å²) in [5, 5.41) is 0. The second-order valence-corrected chi connectivity index (χ2v) is 7.11. The van der Waals surface area contributed by atoms with Crippen LogP contribution in [0.3, 0.4) is 0 Å². The number of halogens is 4. The highest BCUT2D eigenvalue weighted by Crippen LogP contribution is 2.38. The fourth-order valence-corrected chi connectivity index (χ4v) is 3.59. The van der Waals surface area contributed by atoms with Crippen LogP contribution in [0.25, 0.3) is 0 Å². The number of thioether (sulfide) groups is 1. The lowest BCUT2D eigenvalue weighted by Gasteiger charge is -2.36. The molecule has 0 unspecified atom stereocenters. The van der Waals surface area contributed by atoms with Gasteiger partial charge < -0.3 is 14.5 Å². The smallest absolute Gasteiger partial charge is 0.446 e. The first-order valence-corrected chi connectivity index (χ1v) is 8.97. The lowest BCUT2D eigenvalue weighted by molar-refractivity contribution is -0.0328.